The van der Waals surface area contributed by atoms with Crippen molar-refractivity contribution in [1.29, 1.82) is 0 Å². The molecule has 1 amide bonds. The summed E-state index contributed by atoms with van der Waals surface area (Å²) >= 11 is 0. The molecular formula is C13H25N3O. The van der Waals surface area contributed by atoms with Gasteiger partial charge in [-0.1, -0.05) is 0 Å². The Bertz CT molecular complexity index is 257. The van der Waals surface area contributed by atoms with Gasteiger partial charge in [0.25, 0.3) is 0 Å². The van der Waals surface area contributed by atoms with Crippen molar-refractivity contribution in [2.45, 2.75) is 31.7 Å². The zero-order chi connectivity index (χ0) is 12.3. The van der Waals surface area contributed by atoms with E-state index in [1.54, 1.807) is 0 Å². The van der Waals surface area contributed by atoms with Gasteiger partial charge in [0.15, 0.2) is 0 Å². The summed E-state index contributed by atoms with van der Waals surface area (Å²) in [4.78, 5) is 16.1. The van der Waals surface area contributed by atoms with Crippen molar-refractivity contribution in [1.82, 2.24) is 15.1 Å². The fourth-order valence-corrected chi connectivity index (χ4v) is 2.44. The number of likely N-dealkylation sites (N-methyl/N-ethyl adjacent to an activating group) is 1. The van der Waals surface area contributed by atoms with Crippen molar-refractivity contribution in [3.05, 3.63) is 0 Å². The van der Waals surface area contributed by atoms with Gasteiger partial charge in [0.2, 0.25) is 5.91 Å². The number of nitrogens with one attached hydrogen (secondary N) is 1. The van der Waals surface area contributed by atoms with Gasteiger partial charge in [-0.15, -0.1) is 0 Å². The van der Waals surface area contributed by atoms with Crippen molar-refractivity contribution in [2.24, 2.45) is 5.92 Å². The van der Waals surface area contributed by atoms with E-state index in [0.29, 0.717) is 12.6 Å². The first-order chi connectivity index (χ1) is 8.16. The molecule has 1 saturated heterocycles. The molecule has 2 fully saturated rings. The van der Waals surface area contributed by atoms with E-state index in [1.807, 2.05) is 11.9 Å². The highest BCUT2D eigenvalue weighted by Crippen LogP contribution is 2.25. The maximum Gasteiger partial charge on any atom is 0.236 e. The maximum absolute atomic E-state index is 11.8. The minimum Gasteiger partial charge on any atom is -0.342 e. The number of likely N-dealkylation sites (tertiary alicyclic amines) is 1. The predicted molar refractivity (Wildman–Crippen MR) is 68.9 cm³/mol. The van der Waals surface area contributed by atoms with Crippen LogP contribution in [0.5, 0.6) is 0 Å². The fourth-order valence-electron chi connectivity index (χ4n) is 2.44. The summed E-state index contributed by atoms with van der Waals surface area (Å²) < 4.78 is 0. The van der Waals surface area contributed by atoms with Crippen LogP contribution in [-0.4, -0.2) is 62.0 Å². The van der Waals surface area contributed by atoms with Gasteiger partial charge in [0.1, 0.15) is 0 Å². The Balaban J connectivity index is 1.57. The molecule has 1 aliphatic heterocycles. The second kappa shape index (κ2) is 5.83. The molecule has 4 heteroatoms. The molecule has 2 aliphatic rings. The Labute approximate surface area is 104 Å². The van der Waals surface area contributed by atoms with Crippen molar-refractivity contribution >= 4 is 5.91 Å². The number of rotatable bonds is 5. The van der Waals surface area contributed by atoms with Crippen LogP contribution in [0.1, 0.15) is 25.7 Å². The van der Waals surface area contributed by atoms with E-state index in [9.17, 15) is 4.79 Å². The highest BCUT2D eigenvalue weighted by molar-refractivity contribution is 5.78. The number of piperidine rings is 1. The number of hydrogen-bond acceptors (Lipinski definition) is 3. The maximum atomic E-state index is 11.8. The van der Waals surface area contributed by atoms with Gasteiger partial charge in [-0.25, -0.2) is 0 Å². The third kappa shape index (κ3) is 3.96. The molecule has 1 N–H and O–H groups in total. The zero-order valence-corrected chi connectivity index (χ0v) is 11.1. The van der Waals surface area contributed by atoms with Gasteiger partial charge in [0.05, 0.1) is 6.54 Å². The van der Waals surface area contributed by atoms with E-state index in [4.69, 9.17) is 0 Å². The number of amides is 1. The second-order valence-electron chi connectivity index (χ2n) is 5.61. The standard InChI is InChI=1S/C13H25N3O/c1-15-7-5-11(6-8-15)9-14-10-13(17)16(2)12-3-4-12/h11-12,14H,3-10H2,1-2H3. The lowest BCUT2D eigenvalue weighted by molar-refractivity contribution is -0.129. The van der Waals surface area contributed by atoms with E-state index in [1.165, 1.54) is 38.8 Å². The molecule has 1 heterocycles. The smallest absolute Gasteiger partial charge is 0.236 e. The molecule has 17 heavy (non-hydrogen) atoms. The Morgan fingerprint density at radius 1 is 1.29 bits per heavy atom. The lowest BCUT2D eigenvalue weighted by atomic mass is 9.97. The molecule has 0 spiro atoms. The topological polar surface area (TPSA) is 35.6 Å². The molecule has 4 nitrogen and oxygen atoms in total. The van der Waals surface area contributed by atoms with Crippen LogP contribution < -0.4 is 5.32 Å². The van der Waals surface area contributed by atoms with Crippen LogP contribution in [0.4, 0.5) is 0 Å². The first-order valence-electron chi connectivity index (χ1n) is 6.81. The number of carbonyl (C=O) groups excluding carboxylic acids is 1. The molecule has 0 aromatic heterocycles. The van der Waals surface area contributed by atoms with Gasteiger partial charge in [-0.2, -0.15) is 0 Å². The van der Waals surface area contributed by atoms with E-state index in [2.05, 4.69) is 17.3 Å². The van der Waals surface area contributed by atoms with Crippen LogP contribution in [0.25, 0.3) is 0 Å². The van der Waals surface area contributed by atoms with E-state index >= 15 is 0 Å². The highest BCUT2D eigenvalue weighted by Gasteiger charge is 2.29. The molecular weight excluding hydrogens is 214 g/mol. The Kier molecular flexibility index (Phi) is 4.40. The number of nitrogens with zero attached hydrogens (tertiary/aromatic N) is 2. The molecule has 0 atom stereocenters. The van der Waals surface area contributed by atoms with Crippen molar-refractivity contribution in [3.8, 4) is 0 Å². The van der Waals surface area contributed by atoms with E-state index < -0.39 is 0 Å². The minimum atomic E-state index is 0.250. The quantitative estimate of drug-likeness (QED) is 0.760. The summed E-state index contributed by atoms with van der Waals surface area (Å²) in [7, 11) is 4.11. The zero-order valence-electron chi connectivity index (χ0n) is 11.1. The monoisotopic (exact) mass is 239 g/mol. The third-order valence-corrected chi connectivity index (χ3v) is 4.04. The Morgan fingerprint density at radius 2 is 1.94 bits per heavy atom. The number of hydrogen-bond donors (Lipinski definition) is 1. The van der Waals surface area contributed by atoms with Gasteiger partial charge >= 0.3 is 0 Å². The molecule has 2 rings (SSSR count). The molecule has 0 aromatic carbocycles. The highest BCUT2D eigenvalue weighted by atomic mass is 16.2. The number of carbonyl (C=O) groups is 1. The Hall–Kier alpha value is -0.610. The van der Waals surface area contributed by atoms with Crippen molar-refractivity contribution < 1.29 is 4.79 Å². The van der Waals surface area contributed by atoms with E-state index in [0.717, 1.165) is 12.5 Å². The second-order valence-corrected chi connectivity index (χ2v) is 5.61. The summed E-state index contributed by atoms with van der Waals surface area (Å²) in [6.07, 6.45) is 4.90. The van der Waals surface area contributed by atoms with E-state index in [-0.39, 0.29) is 5.91 Å². The third-order valence-electron chi connectivity index (χ3n) is 4.04. The lowest BCUT2D eigenvalue weighted by Crippen LogP contribution is -2.40. The molecule has 0 unspecified atom stereocenters. The molecule has 1 aliphatic carbocycles. The molecule has 98 valence electrons. The SMILES string of the molecule is CN1CCC(CNCC(=O)N(C)C2CC2)CC1. The lowest BCUT2D eigenvalue weighted by Gasteiger charge is -2.29. The first-order valence-corrected chi connectivity index (χ1v) is 6.81. The average Bonchev–Trinajstić information content (AvgIpc) is 3.14. The molecule has 1 saturated carbocycles. The van der Waals surface area contributed by atoms with Crippen LogP contribution in [0.2, 0.25) is 0 Å². The summed E-state index contributed by atoms with van der Waals surface area (Å²) in [5.41, 5.74) is 0. The normalized spacial score (nSPS) is 22.7. The summed E-state index contributed by atoms with van der Waals surface area (Å²) in [6, 6.07) is 0.535. The van der Waals surface area contributed by atoms with Crippen LogP contribution in [0, 0.1) is 5.92 Å². The van der Waals surface area contributed by atoms with Gasteiger partial charge < -0.3 is 15.1 Å². The summed E-state index contributed by atoms with van der Waals surface area (Å²) in [5.74, 6) is 1.01. The van der Waals surface area contributed by atoms with Crippen LogP contribution in [-0.2, 0) is 4.79 Å². The first kappa shape index (κ1) is 12.8. The van der Waals surface area contributed by atoms with Crippen molar-refractivity contribution in [3.63, 3.8) is 0 Å². The van der Waals surface area contributed by atoms with Crippen LogP contribution >= 0.6 is 0 Å². The van der Waals surface area contributed by atoms with Crippen LogP contribution in [0.3, 0.4) is 0 Å². The van der Waals surface area contributed by atoms with Gasteiger partial charge in [-0.3, -0.25) is 4.79 Å². The summed E-state index contributed by atoms with van der Waals surface area (Å²) in [6.45, 7) is 3.90. The van der Waals surface area contributed by atoms with Gasteiger partial charge in [0, 0.05) is 13.1 Å². The molecule has 0 aromatic rings. The predicted octanol–water partition coefficient (Wildman–Crippen LogP) is 0.539. The minimum absolute atomic E-state index is 0.250. The average molecular weight is 239 g/mol. The van der Waals surface area contributed by atoms with Gasteiger partial charge in [-0.05, 0) is 58.3 Å². The summed E-state index contributed by atoms with van der Waals surface area (Å²) in [5, 5.41) is 3.32. The molecule has 0 bridgehead atoms. The fraction of sp³-hybridized carbons (Fsp3) is 0.923. The van der Waals surface area contributed by atoms with Crippen molar-refractivity contribution in [2.75, 3.05) is 40.3 Å². The Morgan fingerprint density at radius 3 is 2.53 bits per heavy atom. The largest absolute Gasteiger partial charge is 0.342 e. The van der Waals surface area contributed by atoms with Crippen LogP contribution in [0.15, 0.2) is 0 Å². The molecule has 0 radical (unpaired) electrons.